The Morgan fingerprint density at radius 2 is 1.92 bits per heavy atom. The summed E-state index contributed by atoms with van der Waals surface area (Å²) in [5.41, 5.74) is 1.62. The van der Waals surface area contributed by atoms with Gasteiger partial charge in [-0.1, -0.05) is 25.0 Å². The number of piperidine rings is 1. The van der Waals surface area contributed by atoms with Crippen LogP contribution in [0.15, 0.2) is 24.3 Å². The van der Waals surface area contributed by atoms with Crippen LogP contribution in [0.2, 0.25) is 0 Å². The van der Waals surface area contributed by atoms with Crippen molar-refractivity contribution in [1.29, 1.82) is 0 Å². The summed E-state index contributed by atoms with van der Waals surface area (Å²) in [5, 5.41) is 11.2. The van der Waals surface area contributed by atoms with Crippen LogP contribution < -0.4 is 4.90 Å². The van der Waals surface area contributed by atoms with Gasteiger partial charge < -0.3 is 19.6 Å². The molecule has 2 fully saturated rings. The molecule has 1 saturated carbocycles. The predicted molar refractivity (Wildman–Crippen MR) is 103 cm³/mol. The zero-order valence-electron chi connectivity index (χ0n) is 16.3. The van der Waals surface area contributed by atoms with Crippen molar-refractivity contribution in [3.05, 3.63) is 29.8 Å². The van der Waals surface area contributed by atoms with E-state index in [0.717, 1.165) is 44.3 Å². The van der Waals surface area contributed by atoms with Gasteiger partial charge in [-0.15, -0.1) is 0 Å². The Hall–Kier alpha value is -1.75. The first-order chi connectivity index (χ1) is 12.5. The van der Waals surface area contributed by atoms with Gasteiger partial charge in [0.25, 0.3) is 0 Å². The molecule has 1 aliphatic carbocycles. The molecule has 0 radical (unpaired) electrons. The molecule has 1 N–H and O–H groups in total. The molecule has 2 aliphatic rings. The summed E-state index contributed by atoms with van der Waals surface area (Å²) in [7, 11) is 1.44. The maximum Gasteiger partial charge on any atom is 0.410 e. The second kappa shape index (κ2) is 7.87. The van der Waals surface area contributed by atoms with E-state index in [1.54, 1.807) is 0 Å². The number of nitrogens with zero attached hydrogens (tertiary/aromatic N) is 2. The first-order valence-electron chi connectivity index (χ1n) is 9.96. The minimum absolute atomic E-state index is 0.0726. The summed E-state index contributed by atoms with van der Waals surface area (Å²) in [6.45, 7) is 6.79. The van der Waals surface area contributed by atoms with Crippen LogP contribution in [0.5, 0.6) is 0 Å². The average molecular weight is 360 g/mol. The van der Waals surface area contributed by atoms with Crippen LogP contribution in [0.1, 0.15) is 57.6 Å². The molecule has 1 aromatic carbocycles. The highest BCUT2D eigenvalue weighted by molar-refractivity contribution is 5.68. The number of carbonyl (C=O) groups excluding carboxylic acids is 1. The first-order valence-corrected chi connectivity index (χ1v) is 9.96. The lowest BCUT2D eigenvalue weighted by Gasteiger charge is -2.52. The zero-order valence-corrected chi connectivity index (χ0v) is 16.3. The van der Waals surface area contributed by atoms with Crippen molar-refractivity contribution in [2.24, 2.45) is 5.92 Å². The molecular formula is C21H32N2O3. The average Bonchev–Trinajstić information content (AvgIpc) is 2.67. The highest BCUT2D eigenvalue weighted by Gasteiger charge is 2.50. The Morgan fingerprint density at radius 1 is 1.23 bits per heavy atom. The maximum atomic E-state index is 12.4. The van der Waals surface area contributed by atoms with E-state index in [1.807, 2.05) is 4.90 Å². The number of rotatable bonds is 4. The SMILES string of the molecule is CCN(CC)c1ccc(C2C3CCCCC3(O)CCN2C(=O)OC)cc1. The molecule has 26 heavy (non-hydrogen) atoms. The number of amides is 1. The predicted octanol–water partition coefficient (Wildman–Crippen LogP) is 3.97. The maximum absolute atomic E-state index is 12.4. The van der Waals surface area contributed by atoms with Crippen LogP contribution in [-0.4, -0.2) is 48.4 Å². The van der Waals surface area contributed by atoms with Crippen molar-refractivity contribution >= 4 is 11.8 Å². The van der Waals surface area contributed by atoms with Crippen LogP contribution >= 0.6 is 0 Å². The summed E-state index contributed by atoms with van der Waals surface area (Å²) >= 11 is 0. The van der Waals surface area contributed by atoms with Gasteiger partial charge in [-0.2, -0.15) is 0 Å². The Bertz CT molecular complexity index is 614. The van der Waals surface area contributed by atoms with Crippen LogP contribution in [0.25, 0.3) is 0 Å². The van der Waals surface area contributed by atoms with Gasteiger partial charge in [0, 0.05) is 31.2 Å². The van der Waals surface area contributed by atoms with Crippen molar-refractivity contribution in [2.75, 3.05) is 31.6 Å². The minimum atomic E-state index is -0.662. The quantitative estimate of drug-likeness (QED) is 0.883. The number of ether oxygens (including phenoxy) is 1. The van der Waals surface area contributed by atoms with Gasteiger partial charge in [0.05, 0.1) is 18.8 Å². The number of anilines is 1. The number of hydrogen-bond donors (Lipinski definition) is 1. The number of likely N-dealkylation sites (tertiary alicyclic amines) is 1. The molecule has 0 bridgehead atoms. The van der Waals surface area contributed by atoms with Gasteiger partial charge in [0.15, 0.2) is 0 Å². The van der Waals surface area contributed by atoms with E-state index < -0.39 is 5.60 Å². The molecule has 1 saturated heterocycles. The van der Waals surface area contributed by atoms with Crippen LogP contribution in [0.3, 0.4) is 0 Å². The molecule has 1 aromatic rings. The summed E-state index contributed by atoms with van der Waals surface area (Å²) in [6, 6.07) is 8.39. The zero-order chi connectivity index (χ0) is 18.7. The van der Waals surface area contributed by atoms with E-state index in [9.17, 15) is 9.90 Å². The molecule has 3 rings (SSSR count). The van der Waals surface area contributed by atoms with Crippen molar-refractivity contribution in [2.45, 2.75) is 57.6 Å². The lowest BCUT2D eigenvalue weighted by Crippen LogP contribution is -2.56. The fourth-order valence-corrected chi connectivity index (χ4v) is 4.89. The third-order valence-corrected chi connectivity index (χ3v) is 6.34. The first kappa shape index (κ1) is 19.0. The van der Waals surface area contributed by atoms with Crippen molar-refractivity contribution in [3.63, 3.8) is 0 Å². The van der Waals surface area contributed by atoms with Crippen LogP contribution in [0, 0.1) is 5.92 Å². The third-order valence-electron chi connectivity index (χ3n) is 6.34. The number of methoxy groups -OCH3 is 1. The van der Waals surface area contributed by atoms with E-state index in [0.29, 0.717) is 13.0 Å². The summed E-state index contributed by atoms with van der Waals surface area (Å²) < 4.78 is 5.05. The minimum Gasteiger partial charge on any atom is -0.453 e. The number of carbonyl (C=O) groups is 1. The smallest absolute Gasteiger partial charge is 0.410 e. The molecule has 5 nitrogen and oxygen atoms in total. The molecule has 144 valence electrons. The monoisotopic (exact) mass is 360 g/mol. The molecule has 3 unspecified atom stereocenters. The Balaban J connectivity index is 1.94. The highest BCUT2D eigenvalue weighted by Crippen LogP contribution is 2.49. The molecule has 5 heteroatoms. The standard InChI is InChI=1S/C21H32N2O3/c1-4-22(5-2)17-11-9-16(10-12-17)19-18-8-6-7-13-21(18,25)14-15-23(19)20(24)26-3/h9-12,18-19,25H,4-8,13-15H2,1-3H3. The molecule has 1 amide bonds. The van der Waals surface area contributed by atoms with Gasteiger partial charge >= 0.3 is 6.09 Å². The van der Waals surface area contributed by atoms with E-state index in [2.05, 4.69) is 43.0 Å². The van der Waals surface area contributed by atoms with Gasteiger partial charge in [0.2, 0.25) is 0 Å². The third kappa shape index (κ3) is 3.41. The molecule has 0 aromatic heterocycles. The normalized spacial score (nSPS) is 28.4. The molecule has 0 spiro atoms. The second-order valence-electron chi connectivity index (χ2n) is 7.58. The van der Waals surface area contributed by atoms with Gasteiger partial charge in [0.1, 0.15) is 0 Å². The number of benzene rings is 1. The fourth-order valence-electron chi connectivity index (χ4n) is 4.89. The number of hydrogen-bond acceptors (Lipinski definition) is 4. The van der Waals surface area contributed by atoms with Gasteiger partial charge in [-0.25, -0.2) is 4.79 Å². The number of fused-ring (bicyclic) bond motifs is 1. The number of aliphatic hydroxyl groups is 1. The van der Waals surface area contributed by atoms with Crippen LogP contribution in [0.4, 0.5) is 10.5 Å². The van der Waals surface area contributed by atoms with Crippen molar-refractivity contribution in [3.8, 4) is 0 Å². The Labute approximate surface area is 156 Å². The van der Waals surface area contributed by atoms with E-state index in [-0.39, 0.29) is 18.1 Å². The second-order valence-corrected chi connectivity index (χ2v) is 7.58. The van der Waals surface area contributed by atoms with E-state index in [4.69, 9.17) is 4.74 Å². The Kier molecular flexibility index (Phi) is 5.76. The lowest BCUT2D eigenvalue weighted by molar-refractivity contribution is -0.117. The lowest BCUT2D eigenvalue weighted by atomic mass is 9.66. The van der Waals surface area contributed by atoms with E-state index >= 15 is 0 Å². The largest absolute Gasteiger partial charge is 0.453 e. The van der Waals surface area contributed by atoms with E-state index in [1.165, 1.54) is 12.8 Å². The molecular weight excluding hydrogens is 328 g/mol. The fraction of sp³-hybridized carbons (Fsp3) is 0.667. The van der Waals surface area contributed by atoms with Crippen molar-refractivity contribution < 1.29 is 14.6 Å². The summed E-state index contributed by atoms with van der Waals surface area (Å²) in [4.78, 5) is 16.5. The van der Waals surface area contributed by atoms with Gasteiger partial charge in [-0.05, 0) is 50.8 Å². The van der Waals surface area contributed by atoms with Crippen LogP contribution in [-0.2, 0) is 4.74 Å². The van der Waals surface area contributed by atoms with Gasteiger partial charge in [-0.3, -0.25) is 0 Å². The highest BCUT2D eigenvalue weighted by atomic mass is 16.5. The topological polar surface area (TPSA) is 53.0 Å². The molecule has 1 heterocycles. The molecule has 3 atom stereocenters. The summed E-state index contributed by atoms with van der Waals surface area (Å²) in [5.74, 6) is 0.0726. The molecule has 1 aliphatic heterocycles. The Morgan fingerprint density at radius 3 is 2.54 bits per heavy atom. The summed E-state index contributed by atoms with van der Waals surface area (Å²) in [6.07, 6.45) is 4.30. The van der Waals surface area contributed by atoms with Crippen molar-refractivity contribution in [1.82, 2.24) is 4.90 Å².